The molecule has 2 aromatic carbocycles. The van der Waals surface area contributed by atoms with E-state index in [0.717, 1.165) is 57.5 Å². The molecule has 2 fully saturated rings. The van der Waals surface area contributed by atoms with E-state index in [9.17, 15) is 19.2 Å². The van der Waals surface area contributed by atoms with Gasteiger partial charge in [0.25, 0.3) is 11.8 Å². The maximum Gasteiger partial charge on any atom is 0.397 e. The van der Waals surface area contributed by atoms with Crippen molar-refractivity contribution >= 4 is 46.4 Å². The zero-order valence-electron chi connectivity index (χ0n) is 21.0. The molecular weight excluding hydrogens is 476 g/mol. The first-order valence-corrected chi connectivity index (χ1v) is 12.3. The van der Waals surface area contributed by atoms with Crippen LogP contribution in [0.2, 0.25) is 0 Å². The fourth-order valence-electron chi connectivity index (χ4n) is 4.54. The first kappa shape index (κ1) is 27.3. The van der Waals surface area contributed by atoms with Crippen LogP contribution in [0.25, 0.3) is 0 Å². The third kappa shape index (κ3) is 6.69. The summed E-state index contributed by atoms with van der Waals surface area (Å²) >= 11 is 0. The number of rotatable bonds is 6. The largest absolute Gasteiger partial charge is 0.459 e. The molecule has 0 saturated carbocycles. The van der Waals surface area contributed by atoms with Crippen LogP contribution in [0.3, 0.4) is 0 Å². The van der Waals surface area contributed by atoms with Crippen molar-refractivity contribution < 1.29 is 23.9 Å². The molecule has 11 heteroatoms. The van der Waals surface area contributed by atoms with E-state index >= 15 is 0 Å². The quantitative estimate of drug-likeness (QED) is 0.259. The van der Waals surface area contributed by atoms with Crippen LogP contribution in [-0.4, -0.2) is 56.5 Å². The Morgan fingerprint density at radius 3 is 1.78 bits per heavy atom. The van der Waals surface area contributed by atoms with Gasteiger partial charge in [-0.3, -0.25) is 14.4 Å². The lowest BCUT2D eigenvalue weighted by atomic mass is 10.1. The van der Waals surface area contributed by atoms with Crippen LogP contribution >= 0.6 is 0 Å². The van der Waals surface area contributed by atoms with Crippen LogP contribution in [0.4, 0.5) is 22.7 Å². The molecule has 0 bridgehead atoms. The zero-order chi connectivity index (χ0) is 26.9. The topological polar surface area (TPSA) is 174 Å². The van der Waals surface area contributed by atoms with Crippen LogP contribution in [0.5, 0.6) is 0 Å². The van der Waals surface area contributed by atoms with Crippen molar-refractivity contribution in [2.75, 3.05) is 53.6 Å². The Hall–Kier alpha value is -4.28. The number of anilines is 4. The number of nitrogen functional groups attached to an aromatic ring is 1. The Kier molecular flexibility index (Phi) is 9.31. The van der Waals surface area contributed by atoms with Gasteiger partial charge in [0.2, 0.25) is 0 Å². The molecule has 2 aliphatic heterocycles. The van der Waals surface area contributed by atoms with Gasteiger partial charge in [-0.05, 0) is 56.9 Å². The van der Waals surface area contributed by atoms with Crippen LogP contribution in [0.1, 0.15) is 53.3 Å². The molecule has 0 aromatic heterocycles. The van der Waals surface area contributed by atoms with E-state index < -0.39 is 23.7 Å². The zero-order valence-corrected chi connectivity index (χ0v) is 21.0. The third-order valence-electron chi connectivity index (χ3n) is 6.21. The van der Waals surface area contributed by atoms with Crippen molar-refractivity contribution in [3.8, 4) is 0 Å². The molecule has 7 N–H and O–H groups in total. The minimum absolute atomic E-state index is 0.0999. The molecule has 0 spiro atoms. The number of carbonyl (C=O) groups is 4. The van der Waals surface area contributed by atoms with E-state index in [1.54, 1.807) is 25.1 Å². The van der Waals surface area contributed by atoms with Gasteiger partial charge in [0.15, 0.2) is 0 Å². The van der Waals surface area contributed by atoms with E-state index in [1.165, 1.54) is 6.07 Å². The highest BCUT2D eigenvalue weighted by atomic mass is 16.5. The summed E-state index contributed by atoms with van der Waals surface area (Å²) in [6.07, 6.45) is 4.40. The highest BCUT2D eigenvalue weighted by Crippen LogP contribution is 2.30. The maximum absolute atomic E-state index is 11.8. The second-order valence-corrected chi connectivity index (χ2v) is 8.73. The molecule has 0 atom stereocenters. The molecule has 11 nitrogen and oxygen atoms in total. The van der Waals surface area contributed by atoms with Crippen molar-refractivity contribution in [1.29, 1.82) is 0 Å². The fraction of sp³-hybridized carbons (Fsp3) is 0.385. The Bertz CT molecular complexity index is 1160. The molecule has 198 valence electrons. The number of esters is 1. The van der Waals surface area contributed by atoms with E-state index in [4.69, 9.17) is 17.2 Å². The molecule has 0 radical (unpaired) electrons. The molecule has 0 unspecified atom stereocenters. The standard InChI is InChI=1S/C15H19N3O4.C11H15N3O/c1-2-22-15(21)14(20)17-10-6-5-7-11(12(10)13(16)19)18-8-3-4-9-18;12-8-4-3-5-9(10(8)11(13)15)14-6-1-2-7-14/h5-7H,2-4,8-9H2,1H3,(H2,16,19)(H,17,20);3-5H,1-2,6-7,12H2,(H2,13,15). The van der Waals surface area contributed by atoms with Gasteiger partial charge in [-0.25, -0.2) is 4.79 Å². The van der Waals surface area contributed by atoms with Crippen molar-refractivity contribution in [2.24, 2.45) is 11.5 Å². The van der Waals surface area contributed by atoms with E-state index in [0.29, 0.717) is 16.9 Å². The predicted octanol–water partition coefficient (Wildman–Crippen LogP) is 1.86. The van der Waals surface area contributed by atoms with Crippen molar-refractivity contribution in [2.45, 2.75) is 32.6 Å². The Labute approximate surface area is 215 Å². The minimum Gasteiger partial charge on any atom is -0.459 e. The van der Waals surface area contributed by atoms with Gasteiger partial charge in [-0.15, -0.1) is 0 Å². The lowest BCUT2D eigenvalue weighted by Crippen LogP contribution is -2.28. The highest BCUT2D eigenvalue weighted by Gasteiger charge is 2.24. The Balaban J connectivity index is 0.000000220. The molecule has 37 heavy (non-hydrogen) atoms. The summed E-state index contributed by atoms with van der Waals surface area (Å²) in [6, 6.07) is 10.5. The monoisotopic (exact) mass is 510 g/mol. The van der Waals surface area contributed by atoms with Crippen LogP contribution in [-0.2, 0) is 14.3 Å². The molecule has 2 aromatic rings. The summed E-state index contributed by atoms with van der Waals surface area (Å²) in [5.41, 5.74) is 19.5. The van der Waals surface area contributed by atoms with E-state index in [1.807, 2.05) is 17.0 Å². The predicted molar refractivity (Wildman–Crippen MR) is 142 cm³/mol. The van der Waals surface area contributed by atoms with Crippen molar-refractivity contribution in [1.82, 2.24) is 0 Å². The molecular formula is C26H34N6O5. The van der Waals surface area contributed by atoms with Crippen LogP contribution < -0.4 is 32.3 Å². The summed E-state index contributed by atoms with van der Waals surface area (Å²) in [6.45, 7) is 5.31. The number of hydrogen-bond acceptors (Lipinski definition) is 8. The van der Waals surface area contributed by atoms with Gasteiger partial charge in [0.05, 0.1) is 34.8 Å². The van der Waals surface area contributed by atoms with Crippen molar-refractivity contribution in [3.63, 3.8) is 0 Å². The molecule has 0 aliphatic carbocycles. The summed E-state index contributed by atoms with van der Waals surface area (Å²) in [5.74, 6) is -3.02. The number of nitrogens with zero attached hydrogens (tertiary/aromatic N) is 2. The molecule has 2 saturated heterocycles. The lowest BCUT2D eigenvalue weighted by Gasteiger charge is -2.22. The van der Waals surface area contributed by atoms with Gasteiger partial charge in [0, 0.05) is 31.9 Å². The van der Waals surface area contributed by atoms with Gasteiger partial charge < -0.3 is 37.1 Å². The maximum atomic E-state index is 11.8. The number of hydrogen-bond donors (Lipinski definition) is 4. The van der Waals surface area contributed by atoms with E-state index in [-0.39, 0.29) is 17.9 Å². The molecule has 3 amide bonds. The second-order valence-electron chi connectivity index (χ2n) is 8.73. The highest BCUT2D eigenvalue weighted by molar-refractivity contribution is 6.37. The Morgan fingerprint density at radius 1 is 0.811 bits per heavy atom. The minimum atomic E-state index is -0.996. The number of ether oxygens (including phenoxy) is 1. The first-order chi connectivity index (χ1) is 17.7. The van der Waals surface area contributed by atoms with E-state index in [2.05, 4.69) is 15.0 Å². The molecule has 2 heterocycles. The molecule has 4 rings (SSSR count). The van der Waals surface area contributed by atoms with Gasteiger partial charge >= 0.3 is 11.9 Å². The fourth-order valence-corrected chi connectivity index (χ4v) is 4.54. The average Bonchev–Trinajstić information content (AvgIpc) is 3.58. The normalized spacial score (nSPS) is 14.5. The summed E-state index contributed by atoms with van der Waals surface area (Å²) < 4.78 is 4.63. The van der Waals surface area contributed by atoms with Gasteiger partial charge in [-0.2, -0.15) is 0 Å². The number of primary amides is 2. The van der Waals surface area contributed by atoms with Crippen LogP contribution in [0, 0.1) is 0 Å². The van der Waals surface area contributed by atoms with Gasteiger partial charge in [-0.1, -0.05) is 12.1 Å². The number of carbonyl (C=O) groups excluding carboxylic acids is 4. The first-order valence-electron chi connectivity index (χ1n) is 12.3. The third-order valence-corrected chi connectivity index (χ3v) is 6.21. The number of amides is 3. The summed E-state index contributed by atoms with van der Waals surface area (Å²) in [4.78, 5) is 50.5. The SMILES string of the molecule is CCOC(=O)C(=O)Nc1cccc(N2CCCC2)c1C(N)=O.NC(=O)c1c(N)cccc1N1CCCC1. The van der Waals surface area contributed by atoms with Gasteiger partial charge in [0.1, 0.15) is 0 Å². The Morgan fingerprint density at radius 2 is 1.30 bits per heavy atom. The number of nitrogens with one attached hydrogen (secondary N) is 1. The smallest absolute Gasteiger partial charge is 0.397 e. The second kappa shape index (κ2) is 12.6. The van der Waals surface area contributed by atoms with Crippen molar-refractivity contribution in [3.05, 3.63) is 47.5 Å². The van der Waals surface area contributed by atoms with Crippen LogP contribution in [0.15, 0.2) is 36.4 Å². The molecule has 2 aliphatic rings. The number of nitrogens with two attached hydrogens (primary N) is 3. The lowest BCUT2D eigenvalue weighted by molar-refractivity contribution is -0.152. The summed E-state index contributed by atoms with van der Waals surface area (Å²) in [7, 11) is 0. The summed E-state index contributed by atoms with van der Waals surface area (Å²) in [5, 5.41) is 2.40. The average molecular weight is 511 g/mol. The number of benzene rings is 2.